The van der Waals surface area contributed by atoms with Crippen molar-refractivity contribution in [3.05, 3.63) is 52.2 Å². The van der Waals surface area contributed by atoms with Crippen LogP contribution in [0.3, 0.4) is 0 Å². The van der Waals surface area contributed by atoms with Gasteiger partial charge in [-0.3, -0.25) is 0 Å². The number of rotatable bonds is 4. The van der Waals surface area contributed by atoms with Crippen molar-refractivity contribution in [1.82, 2.24) is 9.55 Å². The number of fused-ring (bicyclic) bond motifs is 1. The number of aryl methyl sites for hydroxylation is 1. The van der Waals surface area contributed by atoms with E-state index in [-0.39, 0.29) is 5.82 Å². The SMILES string of the molecule is Fc1ccc2c(c1)nc(CCCl)n2Cc1cccs1. The van der Waals surface area contributed by atoms with Gasteiger partial charge in [0.15, 0.2) is 0 Å². The van der Waals surface area contributed by atoms with Crippen LogP contribution in [0.4, 0.5) is 4.39 Å². The van der Waals surface area contributed by atoms with Crippen molar-refractivity contribution in [3.63, 3.8) is 0 Å². The van der Waals surface area contributed by atoms with Crippen LogP contribution in [-0.4, -0.2) is 15.4 Å². The van der Waals surface area contributed by atoms with Crippen LogP contribution in [0.1, 0.15) is 10.7 Å². The van der Waals surface area contributed by atoms with Gasteiger partial charge in [-0.15, -0.1) is 22.9 Å². The van der Waals surface area contributed by atoms with Gasteiger partial charge in [-0.2, -0.15) is 0 Å². The minimum atomic E-state index is -0.259. The van der Waals surface area contributed by atoms with Gasteiger partial charge in [-0.25, -0.2) is 9.37 Å². The van der Waals surface area contributed by atoms with Crippen LogP contribution < -0.4 is 0 Å². The van der Waals surface area contributed by atoms with Crippen molar-refractivity contribution < 1.29 is 4.39 Å². The van der Waals surface area contributed by atoms with Gasteiger partial charge in [0.05, 0.1) is 17.6 Å². The first-order valence-electron chi connectivity index (χ1n) is 6.01. The second-order valence-electron chi connectivity index (χ2n) is 4.27. The topological polar surface area (TPSA) is 17.8 Å². The fourth-order valence-electron chi connectivity index (χ4n) is 2.16. The molecule has 0 aliphatic carbocycles. The van der Waals surface area contributed by atoms with E-state index in [4.69, 9.17) is 11.6 Å². The summed E-state index contributed by atoms with van der Waals surface area (Å²) in [6, 6.07) is 8.84. The molecule has 19 heavy (non-hydrogen) atoms. The first-order chi connectivity index (χ1) is 9.28. The number of hydrogen-bond donors (Lipinski definition) is 0. The van der Waals surface area contributed by atoms with Gasteiger partial charge < -0.3 is 4.57 Å². The molecule has 0 bridgehead atoms. The Morgan fingerprint density at radius 3 is 2.95 bits per heavy atom. The summed E-state index contributed by atoms with van der Waals surface area (Å²) in [5, 5.41) is 2.05. The highest BCUT2D eigenvalue weighted by Crippen LogP contribution is 2.21. The van der Waals surface area contributed by atoms with Gasteiger partial charge in [-0.1, -0.05) is 6.07 Å². The summed E-state index contributed by atoms with van der Waals surface area (Å²) in [7, 11) is 0. The Bertz CT molecular complexity index is 691. The van der Waals surface area contributed by atoms with Crippen molar-refractivity contribution in [2.75, 3.05) is 5.88 Å². The third-order valence-electron chi connectivity index (χ3n) is 3.00. The molecule has 1 aromatic carbocycles. The Labute approximate surface area is 119 Å². The monoisotopic (exact) mass is 294 g/mol. The molecule has 2 aromatic heterocycles. The number of halogens is 2. The first-order valence-corrected chi connectivity index (χ1v) is 7.42. The fourth-order valence-corrected chi connectivity index (χ4v) is 3.02. The predicted molar refractivity (Wildman–Crippen MR) is 77.5 cm³/mol. The largest absolute Gasteiger partial charge is 0.323 e. The fraction of sp³-hybridized carbons (Fsp3) is 0.214. The van der Waals surface area contributed by atoms with E-state index in [1.54, 1.807) is 17.4 Å². The van der Waals surface area contributed by atoms with Crippen molar-refractivity contribution in [2.45, 2.75) is 13.0 Å². The third-order valence-corrected chi connectivity index (χ3v) is 4.05. The molecule has 0 aliphatic rings. The van der Waals surface area contributed by atoms with Crippen LogP contribution in [0.5, 0.6) is 0 Å². The number of hydrogen-bond acceptors (Lipinski definition) is 2. The Balaban J connectivity index is 2.10. The van der Waals surface area contributed by atoms with Crippen molar-refractivity contribution in [2.24, 2.45) is 0 Å². The first kappa shape index (κ1) is 12.6. The zero-order valence-electron chi connectivity index (χ0n) is 10.1. The molecule has 0 spiro atoms. The summed E-state index contributed by atoms with van der Waals surface area (Å²) in [5.41, 5.74) is 1.64. The highest BCUT2D eigenvalue weighted by atomic mass is 35.5. The summed E-state index contributed by atoms with van der Waals surface area (Å²) >= 11 is 7.53. The van der Waals surface area contributed by atoms with Gasteiger partial charge >= 0.3 is 0 Å². The van der Waals surface area contributed by atoms with E-state index in [0.717, 1.165) is 17.9 Å². The summed E-state index contributed by atoms with van der Waals surface area (Å²) < 4.78 is 15.4. The molecule has 0 N–H and O–H groups in total. The molecule has 98 valence electrons. The van der Waals surface area contributed by atoms with E-state index >= 15 is 0 Å². The van der Waals surface area contributed by atoms with Crippen molar-refractivity contribution >= 4 is 34.0 Å². The standard InChI is InChI=1S/C14H12ClFN2S/c15-6-5-14-17-12-8-10(16)3-4-13(12)18(14)9-11-2-1-7-19-11/h1-4,7-8H,5-6,9H2. The smallest absolute Gasteiger partial charge is 0.125 e. The second kappa shape index (κ2) is 5.31. The van der Waals surface area contributed by atoms with Crippen molar-refractivity contribution in [3.8, 4) is 0 Å². The minimum Gasteiger partial charge on any atom is -0.323 e. The number of nitrogens with zero attached hydrogens (tertiary/aromatic N) is 2. The van der Waals surface area contributed by atoms with E-state index in [2.05, 4.69) is 21.0 Å². The number of alkyl halides is 1. The average molecular weight is 295 g/mol. The average Bonchev–Trinajstić information content (AvgIpc) is 2.99. The summed E-state index contributed by atoms with van der Waals surface area (Å²) in [5.74, 6) is 1.16. The van der Waals surface area contributed by atoms with Crippen LogP contribution in [0.15, 0.2) is 35.7 Å². The highest BCUT2D eigenvalue weighted by Gasteiger charge is 2.11. The molecule has 0 unspecified atom stereocenters. The summed E-state index contributed by atoms with van der Waals surface area (Å²) in [6.07, 6.45) is 0.684. The molecule has 0 atom stereocenters. The molecular formula is C14H12ClFN2S. The molecule has 3 rings (SSSR count). The maximum atomic E-state index is 13.3. The molecule has 0 amide bonds. The summed E-state index contributed by atoms with van der Waals surface area (Å²) in [6.45, 7) is 0.756. The third kappa shape index (κ3) is 2.51. The Morgan fingerprint density at radius 2 is 2.21 bits per heavy atom. The molecule has 0 saturated carbocycles. The van der Waals surface area contributed by atoms with Gasteiger partial charge in [0.2, 0.25) is 0 Å². The number of benzene rings is 1. The number of imidazole rings is 1. The van der Waals surface area contributed by atoms with Gasteiger partial charge in [0.1, 0.15) is 11.6 Å². The molecule has 0 fully saturated rings. The normalized spacial score (nSPS) is 11.3. The minimum absolute atomic E-state index is 0.259. The van der Waals surface area contributed by atoms with E-state index in [0.29, 0.717) is 17.8 Å². The number of thiophene rings is 1. The number of aromatic nitrogens is 2. The Hall–Kier alpha value is -1.39. The zero-order valence-corrected chi connectivity index (χ0v) is 11.7. The molecular weight excluding hydrogens is 283 g/mol. The molecule has 5 heteroatoms. The maximum absolute atomic E-state index is 13.3. The van der Waals surface area contributed by atoms with Crippen molar-refractivity contribution in [1.29, 1.82) is 0 Å². The molecule has 0 aliphatic heterocycles. The zero-order chi connectivity index (χ0) is 13.2. The van der Waals surface area contributed by atoms with Gasteiger partial charge in [-0.05, 0) is 23.6 Å². The Morgan fingerprint density at radius 1 is 1.32 bits per heavy atom. The van der Waals surface area contributed by atoms with E-state index in [1.165, 1.54) is 17.0 Å². The van der Waals surface area contributed by atoms with E-state index < -0.39 is 0 Å². The van der Waals surface area contributed by atoms with Crippen LogP contribution in [0.2, 0.25) is 0 Å². The lowest BCUT2D eigenvalue weighted by atomic mass is 10.3. The molecule has 0 saturated heterocycles. The molecule has 2 nitrogen and oxygen atoms in total. The van der Waals surface area contributed by atoms with Crippen LogP contribution in [-0.2, 0) is 13.0 Å². The van der Waals surface area contributed by atoms with Crippen LogP contribution in [0, 0.1) is 5.82 Å². The Kier molecular flexibility index (Phi) is 3.53. The lowest BCUT2D eigenvalue weighted by Crippen LogP contribution is -2.04. The van der Waals surface area contributed by atoms with E-state index in [1.807, 2.05) is 6.07 Å². The maximum Gasteiger partial charge on any atom is 0.125 e. The molecule has 0 radical (unpaired) electrons. The lowest BCUT2D eigenvalue weighted by molar-refractivity contribution is 0.629. The molecule has 2 heterocycles. The summed E-state index contributed by atoms with van der Waals surface area (Å²) in [4.78, 5) is 5.74. The molecule has 3 aromatic rings. The van der Waals surface area contributed by atoms with E-state index in [9.17, 15) is 4.39 Å². The quantitative estimate of drug-likeness (QED) is 0.663. The second-order valence-corrected chi connectivity index (χ2v) is 5.68. The van der Waals surface area contributed by atoms with Crippen LogP contribution >= 0.6 is 22.9 Å². The predicted octanol–water partition coefficient (Wildman–Crippen LogP) is 4.07. The van der Waals surface area contributed by atoms with Gasteiger partial charge in [0.25, 0.3) is 0 Å². The van der Waals surface area contributed by atoms with Crippen LogP contribution in [0.25, 0.3) is 11.0 Å². The van der Waals surface area contributed by atoms with Gasteiger partial charge in [0, 0.05) is 23.2 Å². The lowest BCUT2D eigenvalue weighted by Gasteiger charge is -2.06. The highest BCUT2D eigenvalue weighted by molar-refractivity contribution is 7.09.